The maximum Gasteiger partial charge on any atom is 0.138 e. The molecule has 0 aromatic heterocycles. The van der Waals surface area contributed by atoms with Crippen LogP contribution in [0.25, 0.3) is 0 Å². The van der Waals surface area contributed by atoms with Crippen LogP contribution in [0.15, 0.2) is 42.5 Å². The zero-order chi connectivity index (χ0) is 13.9. The molecule has 2 N–H and O–H groups in total. The summed E-state index contributed by atoms with van der Waals surface area (Å²) in [6.45, 7) is 0.630. The van der Waals surface area contributed by atoms with Crippen molar-refractivity contribution >= 4 is 11.6 Å². The lowest BCUT2D eigenvalue weighted by molar-refractivity contribution is 0.438. The first-order valence-electron chi connectivity index (χ1n) is 7.03. The summed E-state index contributed by atoms with van der Waals surface area (Å²) < 4.78 is 0. The number of para-hydroxylation sites is 1. The Morgan fingerprint density at radius 1 is 1.15 bits per heavy atom. The molecule has 0 saturated carbocycles. The molecular formula is C17H18ClNO. The van der Waals surface area contributed by atoms with Gasteiger partial charge in [0.1, 0.15) is 5.75 Å². The molecule has 3 rings (SSSR count). The third-order valence-corrected chi connectivity index (χ3v) is 4.28. The van der Waals surface area contributed by atoms with E-state index in [-0.39, 0.29) is 5.75 Å². The van der Waals surface area contributed by atoms with E-state index >= 15 is 0 Å². The first kappa shape index (κ1) is 13.5. The number of hydrogen-bond acceptors (Lipinski definition) is 2. The van der Waals surface area contributed by atoms with Crippen molar-refractivity contribution in [2.24, 2.45) is 0 Å². The lowest BCUT2D eigenvalue weighted by atomic mass is 9.87. The van der Waals surface area contributed by atoms with Gasteiger partial charge in [-0.2, -0.15) is 0 Å². The van der Waals surface area contributed by atoms with Gasteiger partial charge in [0.05, 0.1) is 5.02 Å². The molecule has 1 unspecified atom stereocenters. The number of aryl methyl sites for hydroxylation is 1. The molecule has 0 radical (unpaired) electrons. The number of rotatable bonds is 3. The van der Waals surface area contributed by atoms with E-state index in [0.29, 0.717) is 17.6 Å². The highest BCUT2D eigenvalue weighted by molar-refractivity contribution is 6.32. The number of phenols is 1. The van der Waals surface area contributed by atoms with Gasteiger partial charge in [-0.25, -0.2) is 0 Å². The van der Waals surface area contributed by atoms with Crippen LogP contribution >= 0.6 is 11.6 Å². The first-order chi connectivity index (χ1) is 9.75. The molecule has 2 aromatic rings. The molecule has 2 aromatic carbocycles. The Morgan fingerprint density at radius 3 is 2.90 bits per heavy atom. The van der Waals surface area contributed by atoms with E-state index in [2.05, 4.69) is 29.6 Å². The van der Waals surface area contributed by atoms with Gasteiger partial charge in [0.25, 0.3) is 0 Å². The van der Waals surface area contributed by atoms with Gasteiger partial charge in [-0.05, 0) is 36.5 Å². The lowest BCUT2D eigenvalue weighted by Crippen LogP contribution is -2.24. The molecule has 0 amide bonds. The third kappa shape index (κ3) is 2.67. The number of halogens is 1. The zero-order valence-electron chi connectivity index (χ0n) is 11.3. The van der Waals surface area contributed by atoms with Crippen LogP contribution in [-0.2, 0) is 13.0 Å². The highest BCUT2D eigenvalue weighted by Crippen LogP contribution is 2.31. The molecule has 2 nitrogen and oxygen atoms in total. The molecule has 104 valence electrons. The van der Waals surface area contributed by atoms with E-state index in [0.717, 1.165) is 18.4 Å². The van der Waals surface area contributed by atoms with Gasteiger partial charge in [-0.1, -0.05) is 48.0 Å². The van der Waals surface area contributed by atoms with Crippen LogP contribution in [0.3, 0.4) is 0 Å². The van der Waals surface area contributed by atoms with Crippen molar-refractivity contribution < 1.29 is 5.11 Å². The van der Waals surface area contributed by atoms with Gasteiger partial charge in [0.15, 0.2) is 0 Å². The summed E-state index contributed by atoms with van der Waals surface area (Å²) in [5, 5.41) is 13.9. The second-order valence-electron chi connectivity index (χ2n) is 5.27. The summed E-state index contributed by atoms with van der Waals surface area (Å²) in [4.78, 5) is 0. The van der Waals surface area contributed by atoms with E-state index in [1.807, 2.05) is 12.1 Å². The molecule has 3 heteroatoms. The molecule has 1 aliphatic carbocycles. The average Bonchev–Trinajstić information content (AvgIpc) is 2.49. The van der Waals surface area contributed by atoms with E-state index < -0.39 is 0 Å². The second-order valence-corrected chi connectivity index (χ2v) is 5.68. The Hall–Kier alpha value is -1.51. The van der Waals surface area contributed by atoms with Crippen molar-refractivity contribution in [2.45, 2.75) is 31.8 Å². The summed E-state index contributed by atoms with van der Waals surface area (Å²) in [6, 6.07) is 14.4. The fourth-order valence-electron chi connectivity index (χ4n) is 2.90. The van der Waals surface area contributed by atoms with E-state index in [4.69, 9.17) is 11.6 Å². The lowest BCUT2D eigenvalue weighted by Gasteiger charge is -2.26. The third-order valence-electron chi connectivity index (χ3n) is 3.98. The van der Waals surface area contributed by atoms with E-state index in [1.54, 1.807) is 6.07 Å². The van der Waals surface area contributed by atoms with Crippen LogP contribution in [0.1, 0.15) is 35.6 Å². The summed E-state index contributed by atoms with van der Waals surface area (Å²) in [7, 11) is 0. The number of fused-ring (bicyclic) bond motifs is 1. The number of nitrogens with one attached hydrogen (secondary N) is 1. The first-order valence-corrected chi connectivity index (χ1v) is 7.41. The van der Waals surface area contributed by atoms with Gasteiger partial charge in [0.2, 0.25) is 0 Å². The maximum absolute atomic E-state index is 9.95. The Bertz CT molecular complexity index is 612. The van der Waals surface area contributed by atoms with Crippen LogP contribution in [0.5, 0.6) is 5.75 Å². The highest BCUT2D eigenvalue weighted by Gasteiger charge is 2.19. The molecule has 1 aliphatic rings. The summed E-state index contributed by atoms with van der Waals surface area (Å²) >= 11 is 5.94. The van der Waals surface area contributed by atoms with Crippen LogP contribution in [0.2, 0.25) is 5.02 Å². The second kappa shape index (κ2) is 5.86. The topological polar surface area (TPSA) is 32.3 Å². The molecule has 0 spiro atoms. The highest BCUT2D eigenvalue weighted by atomic mass is 35.5. The minimum absolute atomic E-state index is 0.186. The molecular weight excluding hydrogens is 270 g/mol. The summed E-state index contributed by atoms with van der Waals surface area (Å²) in [5.74, 6) is 0.186. The molecule has 20 heavy (non-hydrogen) atoms. The predicted molar refractivity (Wildman–Crippen MR) is 82.1 cm³/mol. The summed E-state index contributed by atoms with van der Waals surface area (Å²) in [5.41, 5.74) is 3.67. The van der Waals surface area contributed by atoms with Crippen molar-refractivity contribution in [1.29, 1.82) is 0 Å². The Morgan fingerprint density at radius 2 is 2.00 bits per heavy atom. The van der Waals surface area contributed by atoms with Crippen molar-refractivity contribution in [1.82, 2.24) is 5.32 Å². The monoisotopic (exact) mass is 287 g/mol. The molecule has 0 fully saturated rings. The largest absolute Gasteiger partial charge is 0.506 e. The van der Waals surface area contributed by atoms with Crippen LogP contribution < -0.4 is 5.32 Å². The Kier molecular flexibility index (Phi) is 3.95. The predicted octanol–water partition coefficient (Wildman–Crippen LogP) is 4.21. The number of phenolic OH excluding ortho intramolecular Hbond substituents is 1. The quantitative estimate of drug-likeness (QED) is 0.886. The normalized spacial score (nSPS) is 17.8. The SMILES string of the molecule is Oc1c(Cl)cccc1CNC1CCCc2ccccc21. The van der Waals surface area contributed by atoms with Gasteiger partial charge < -0.3 is 10.4 Å². The molecule has 0 heterocycles. The Balaban J connectivity index is 1.75. The van der Waals surface area contributed by atoms with Gasteiger partial charge in [-0.15, -0.1) is 0 Å². The number of hydrogen-bond donors (Lipinski definition) is 2. The average molecular weight is 288 g/mol. The Labute approximate surface area is 124 Å². The molecule has 0 aliphatic heterocycles. The fraction of sp³-hybridized carbons (Fsp3) is 0.294. The molecule has 0 bridgehead atoms. The zero-order valence-corrected chi connectivity index (χ0v) is 12.0. The van der Waals surface area contributed by atoms with Crippen molar-refractivity contribution in [2.75, 3.05) is 0 Å². The summed E-state index contributed by atoms with van der Waals surface area (Å²) in [6.07, 6.45) is 3.51. The minimum Gasteiger partial charge on any atom is -0.506 e. The van der Waals surface area contributed by atoms with Gasteiger partial charge >= 0.3 is 0 Å². The number of aromatic hydroxyl groups is 1. The van der Waals surface area contributed by atoms with E-state index in [9.17, 15) is 5.11 Å². The molecule has 1 atom stereocenters. The van der Waals surface area contributed by atoms with E-state index in [1.165, 1.54) is 17.5 Å². The smallest absolute Gasteiger partial charge is 0.138 e. The fourth-order valence-corrected chi connectivity index (χ4v) is 3.10. The maximum atomic E-state index is 9.95. The number of benzene rings is 2. The van der Waals surface area contributed by atoms with Crippen molar-refractivity contribution in [3.63, 3.8) is 0 Å². The van der Waals surface area contributed by atoms with Gasteiger partial charge in [-0.3, -0.25) is 0 Å². The van der Waals surface area contributed by atoms with Crippen LogP contribution in [-0.4, -0.2) is 5.11 Å². The van der Waals surface area contributed by atoms with Gasteiger partial charge in [0, 0.05) is 18.2 Å². The van der Waals surface area contributed by atoms with Crippen molar-refractivity contribution in [3.8, 4) is 5.75 Å². The van der Waals surface area contributed by atoms with Crippen LogP contribution in [0.4, 0.5) is 0 Å². The van der Waals surface area contributed by atoms with Crippen molar-refractivity contribution in [3.05, 3.63) is 64.2 Å². The standard InChI is InChI=1S/C17H18ClNO/c18-15-9-3-7-13(17(15)20)11-19-16-10-4-6-12-5-1-2-8-14(12)16/h1-3,5,7-9,16,19-20H,4,6,10-11H2. The van der Waals surface area contributed by atoms with Crippen LogP contribution in [0, 0.1) is 0 Å². The minimum atomic E-state index is 0.186. The molecule has 0 saturated heterocycles.